The van der Waals surface area contributed by atoms with Crippen molar-refractivity contribution >= 4 is 40.0 Å². The number of carboxylic acid groups (broad SMARTS) is 1. The lowest BCUT2D eigenvalue weighted by atomic mass is 10.2. The predicted molar refractivity (Wildman–Crippen MR) is 81.2 cm³/mol. The summed E-state index contributed by atoms with van der Waals surface area (Å²) in [6.45, 7) is 0. The van der Waals surface area contributed by atoms with Crippen LogP contribution in [-0.4, -0.2) is 21.0 Å². The first-order chi connectivity index (χ1) is 10.1. The molecule has 0 aliphatic heterocycles. The van der Waals surface area contributed by atoms with E-state index in [1.807, 2.05) is 30.3 Å². The zero-order valence-corrected chi connectivity index (χ0v) is 11.5. The van der Waals surface area contributed by atoms with Gasteiger partial charge in [-0.1, -0.05) is 17.7 Å². The van der Waals surface area contributed by atoms with E-state index in [0.29, 0.717) is 5.82 Å². The van der Waals surface area contributed by atoms with Gasteiger partial charge in [-0.05, 0) is 30.3 Å². The minimum atomic E-state index is -1.06. The van der Waals surface area contributed by atoms with E-state index in [1.165, 1.54) is 12.3 Å². The van der Waals surface area contributed by atoms with Crippen LogP contribution in [0.5, 0.6) is 0 Å². The van der Waals surface area contributed by atoms with Crippen LogP contribution in [0.3, 0.4) is 0 Å². The van der Waals surface area contributed by atoms with E-state index < -0.39 is 5.97 Å². The van der Waals surface area contributed by atoms with Gasteiger partial charge in [-0.15, -0.1) is 0 Å². The zero-order valence-electron chi connectivity index (χ0n) is 10.7. The Bertz CT molecular complexity index is 836. The van der Waals surface area contributed by atoms with E-state index in [0.717, 1.165) is 16.6 Å². The van der Waals surface area contributed by atoms with Crippen LogP contribution in [0.1, 0.15) is 10.4 Å². The van der Waals surface area contributed by atoms with Gasteiger partial charge < -0.3 is 10.4 Å². The zero-order chi connectivity index (χ0) is 14.8. The second-order valence-corrected chi connectivity index (χ2v) is 4.80. The number of carboxylic acids is 1. The Morgan fingerprint density at radius 3 is 2.81 bits per heavy atom. The lowest BCUT2D eigenvalue weighted by Crippen LogP contribution is -2.00. The maximum absolute atomic E-state index is 10.8. The maximum Gasteiger partial charge on any atom is 0.337 e. The van der Waals surface area contributed by atoms with Crippen LogP contribution in [0.15, 0.2) is 48.8 Å². The molecule has 21 heavy (non-hydrogen) atoms. The third-order valence-corrected chi connectivity index (χ3v) is 3.24. The maximum atomic E-state index is 10.8. The standard InChI is InChI=1S/C15H10ClN3O2/c16-12-7-10(15(20)21)8-18-14(12)19-11-3-4-13-9(6-11)2-1-5-17-13/h1-8H,(H,18,19)(H,20,21). The highest BCUT2D eigenvalue weighted by atomic mass is 35.5. The van der Waals surface area contributed by atoms with Gasteiger partial charge in [0, 0.05) is 23.5 Å². The van der Waals surface area contributed by atoms with Gasteiger partial charge in [-0.2, -0.15) is 0 Å². The highest BCUT2D eigenvalue weighted by Crippen LogP contribution is 2.25. The molecule has 0 saturated heterocycles. The molecule has 2 aromatic heterocycles. The van der Waals surface area contributed by atoms with Crippen molar-refractivity contribution in [3.05, 3.63) is 59.4 Å². The van der Waals surface area contributed by atoms with Crippen molar-refractivity contribution in [1.82, 2.24) is 9.97 Å². The number of anilines is 2. The first-order valence-electron chi connectivity index (χ1n) is 6.14. The predicted octanol–water partition coefficient (Wildman–Crippen LogP) is 3.73. The Morgan fingerprint density at radius 1 is 1.19 bits per heavy atom. The third kappa shape index (κ3) is 2.78. The molecule has 2 N–H and O–H groups in total. The van der Waals surface area contributed by atoms with Crippen molar-refractivity contribution in [3.8, 4) is 0 Å². The summed E-state index contributed by atoms with van der Waals surface area (Å²) in [6, 6.07) is 10.8. The molecule has 0 fully saturated rings. The van der Waals surface area contributed by atoms with Crippen LogP contribution in [0.25, 0.3) is 10.9 Å². The second-order valence-electron chi connectivity index (χ2n) is 4.40. The number of hydrogen-bond acceptors (Lipinski definition) is 4. The molecule has 0 saturated carbocycles. The highest BCUT2D eigenvalue weighted by molar-refractivity contribution is 6.33. The number of aromatic nitrogens is 2. The van der Waals surface area contributed by atoms with Crippen LogP contribution in [0, 0.1) is 0 Å². The van der Waals surface area contributed by atoms with E-state index in [-0.39, 0.29) is 10.6 Å². The number of nitrogens with zero attached hydrogens (tertiary/aromatic N) is 2. The van der Waals surface area contributed by atoms with Crippen LogP contribution in [-0.2, 0) is 0 Å². The van der Waals surface area contributed by atoms with Gasteiger partial charge in [0.2, 0.25) is 0 Å². The third-order valence-electron chi connectivity index (χ3n) is 2.95. The fourth-order valence-corrected chi connectivity index (χ4v) is 2.15. The molecule has 0 aliphatic carbocycles. The molecule has 2 heterocycles. The van der Waals surface area contributed by atoms with Gasteiger partial charge >= 0.3 is 5.97 Å². The summed E-state index contributed by atoms with van der Waals surface area (Å²) < 4.78 is 0. The number of benzene rings is 1. The monoisotopic (exact) mass is 299 g/mol. The first-order valence-corrected chi connectivity index (χ1v) is 6.52. The summed E-state index contributed by atoms with van der Waals surface area (Å²) in [5.41, 5.74) is 1.74. The lowest BCUT2D eigenvalue weighted by Gasteiger charge is -2.08. The van der Waals surface area contributed by atoms with Crippen LogP contribution >= 0.6 is 11.6 Å². The van der Waals surface area contributed by atoms with Crippen molar-refractivity contribution < 1.29 is 9.90 Å². The van der Waals surface area contributed by atoms with E-state index in [1.54, 1.807) is 6.20 Å². The lowest BCUT2D eigenvalue weighted by molar-refractivity contribution is 0.0696. The molecule has 0 bridgehead atoms. The minimum absolute atomic E-state index is 0.0493. The van der Waals surface area contributed by atoms with Crippen LogP contribution in [0.4, 0.5) is 11.5 Å². The Kier molecular flexibility index (Phi) is 3.41. The number of carbonyl (C=O) groups is 1. The SMILES string of the molecule is O=C(O)c1cnc(Nc2ccc3ncccc3c2)c(Cl)c1. The van der Waals surface area contributed by atoms with Crippen molar-refractivity contribution in [3.63, 3.8) is 0 Å². The van der Waals surface area contributed by atoms with Gasteiger partial charge in [0.25, 0.3) is 0 Å². The number of nitrogens with one attached hydrogen (secondary N) is 1. The molecule has 3 aromatic rings. The van der Waals surface area contributed by atoms with Gasteiger partial charge in [-0.3, -0.25) is 4.98 Å². The molecule has 3 rings (SSSR count). The molecule has 0 atom stereocenters. The number of fused-ring (bicyclic) bond motifs is 1. The van der Waals surface area contributed by atoms with Gasteiger partial charge in [0.1, 0.15) is 5.82 Å². The molecule has 104 valence electrons. The summed E-state index contributed by atoms with van der Waals surface area (Å²) in [5, 5.41) is 13.2. The Balaban J connectivity index is 1.93. The molecule has 0 spiro atoms. The summed E-state index contributed by atoms with van der Waals surface area (Å²) >= 11 is 6.04. The summed E-state index contributed by atoms with van der Waals surface area (Å²) in [4.78, 5) is 19.1. The Morgan fingerprint density at radius 2 is 2.05 bits per heavy atom. The van der Waals surface area contributed by atoms with Crippen LogP contribution in [0.2, 0.25) is 5.02 Å². The Labute approximate surface area is 125 Å². The Hall–Kier alpha value is -2.66. The fourth-order valence-electron chi connectivity index (χ4n) is 1.94. The molecule has 0 amide bonds. The molecule has 0 radical (unpaired) electrons. The number of aromatic carboxylic acids is 1. The largest absolute Gasteiger partial charge is 0.478 e. The van der Waals surface area contributed by atoms with Gasteiger partial charge in [0.05, 0.1) is 16.1 Å². The van der Waals surface area contributed by atoms with Crippen molar-refractivity contribution in [1.29, 1.82) is 0 Å². The minimum Gasteiger partial charge on any atom is -0.478 e. The molecule has 6 heteroatoms. The number of rotatable bonds is 3. The van der Waals surface area contributed by atoms with E-state index in [2.05, 4.69) is 15.3 Å². The first kappa shape index (κ1) is 13.3. The smallest absolute Gasteiger partial charge is 0.337 e. The number of pyridine rings is 2. The molecule has 1 aromatic carbocycles. The van der Waals surface area contributed by atoms with Crippen molar-refractivity contribution in [2.24, 2.45) is 0 Å². The second kappa shape index (κ2) is 5.38. The van der Waals surface area contributed by atoms with Crippen molar-refractivity contribution in [2.75, 3.05) is 5.32 Å². The molecule has 5 nitrogen and oxygen atoms in total. The summed E-state index contributed by atoms with van der Waals surface area (Å²) in [5.74, 6) is -0.655. The molecular formula is C15H10ClN3O2. The van der Waals surface area contributed by atoms with Gasteiger partial charge in [-0.25, -0.2) is 9.78 Å². The van der Waals surface area contributed by atoms with Crippen LogP contribution < -0.4 is 5.32 Å². The number of halogens is 1. The van der Waals surface area contributed by atoms with Gasteiger partial charge in [0.15, 0.2) is 0 Å². The fraction of sp³-hybridized carbons (Fsp3) is 0. The summed E-state index contributed by atoms with van der Waals surface area (Å²) in [7, 11) is 0. The van der Waals surface area contributed by atoms with E-state index >= 15 is 0 Å². The molecule has 0 aliphatic rings. The topological polar surface area (TPSA) is 75.1 Å². The highest BCUT2D eigenvalue weighted by Gasteiger charge is 2.09. The number of hydrogen-bond donors (Lipinski definition) is 2. The quantitative estimate of drug-likeness (QED) is 0.771. The summed E-state index contributed by atoms with van der Waals surface area (Å²) in [6.07, 6.45) is 3.00. The molecule has 0 unspecified atom stereocenters. The van der Waals surface area contributed by atoms with E-state index in [4.69, 9.17) is 16.7 Å². The normalized spacial score (nSPS) is 10.5. The average molecular weight is 300 g/mol. The van der Waals surface area contributed by atoms with E-state index in [9.17, 15) is 4.79 Å². The molecular weight excluding hydrogens is 290 g/mol. The average Bonchev–Trinajstić information content (AvgIpc) is 2.49. The van der Waals surface area contributed by atoms with Crippen molar-refractivity contribution in [2.45, 2.75) is 0 Å².